The molecule has 1 radical (unpaired) electrons. The number of rotatable bonds is 4. The maximum Gasteiger partial charge on any atom is 0.413 e. The van der Waals surface area contributed by atoms with Crippen LogP contribution in [0.15, 0.2) is 39.7 Å². The van der Waals surface area contributed by atoms with Gasteiger partial charge in [0.2, 0.25) is 6.23 Å². The number of halogens is 2. The Morgan fingerprint density at radius 2 is 2.13 bits per heavy atom. The number of aliphatic hydroxyl groups excluding tert-OH is 1. The third-order valence-electron chi connectivity index (χ3n) is 4.72. The average Bonchev–Trinajstić information content (AvgIpc) is 3.21. The molecule has 4 rings (SSSR count). The summed E-state index contributed by atoms with van der Waals surface area (Å²) in [5, 5.41) is 12.4. The van der Waals surface area contributed by atoms with Gasteiger partial charge in [-0.25, -0.2) is 9.59 Å². The van der Waals surface area contributed by atoms with Crippen molar-refractivity contribution in [3.05, 3.63) is 64.4 Å². The number of aromatic nitrogens is 2. The number of amides is 1. The lowest BCUT2D eigenvalue weighted by atomic mass is 10.1. The van der Waals surface area contributed by atoms with E-state index in [1.807, 2.05) is 26.0 Å². The highest BCUT2D eigenvalue weighted by Crippen LogP contribution is 2.40. The number of nitrogens with zero attached hydrogens (tertiary/aromatic N) is 2. The first-order valence-electron chi connectivity index (χ1n) is 9.22. The number of aliphatic hydroxyl groups is 1. The number of alkyl halides is 2. The number of furan rings is 1. The normalized spacial score (nSPS) is 20.2. The van der Waals surface area contributed by atoms with Crippen LogP contribution in [0.5, 0.6) is 0 Å². The Hall–Kier alpha value is -3.31. The quantitative estimate of drug-likeness (QED) is 0.648. The first-order chi connectivity index (χ1) is 14.6. The predicted molar refractivity (Wildman–Crippen MR) is 103 cm³/mol. The maximum absolute atomic E-state index is 13.9. The zero-order valence-corrected chi connectivity index (χ0v) is 16.5. The van der Waals surface area contributed by atoms with Crippen LogP contribution in [0.3, 0.4) is 0 Å². The van der Waals surface area contributed by atoms with Crippen LogP contribution in [-0.4, -0.2) is 32.8 Å². The number of benzene rings is 1. The summed E-state index contributed by atoms with van der Waals surface area (Å²) in [6.07, 6.45) is -4.13. The molecule has 0 aliphatic carbocycles. The largest absolute Gasteiger partial charge is 0.457 e. The molecule has 0 saturated carbocycles. The highest BCUT2D eigenvalue weighted by atomic mass is 19.3. The van der Waals surface area contributed by atoms with Crippen molar-refractivity contribution in [3.63, 3.8) is 0 Å². The molecular weight excluding hydrogens is 416 g/mol. The van der Waals surface area contributed by atoms with E-state index in [-0.39, 0.29) is 12.4 Å². The zero-order chi connectivity index (χ0) is 22.3. The van der Waals surface area contributed by atoms with Gasteiger partial charge in [0.15, 0.2) is 12.7 Å². The molecular formula is C20H18F2N3O6. The third kappa shape index (κ3) is 4.01. The number of aryl methyl sites for hydroxylation is 2. The first-order valence-corrected chi connectivity index (χ1v) is 9.22. The Bertz CT molecular complexity index is 1210. The summed E-state index contributed by atoms with van der Waals surface area (Å²) in [4.78, 5) is 27.6. The van der Waals surface area contributed by atoms with Gasteiger partial charge in [-0.15, -0.1) is 0 Å². The molecule has 0 spiro atoms. The molecule has 1 aromatic carbocycles. The van der Waals surface area contributed by atoms with Gasteiger partial charge >= 0.3 is 17.7 Å². The molecule has 1 saturated heterocycles. The van der Waals surface area contributed by atoms with E-state index in [1.165, 1.54) is 0 Å². The summed E-state index contributed by atoms with van der Waals surface area (Å²) in [6.45, 7) is 4.26. The van der Waals surface area contributed by atoms with Crippen LogP contribution < -0.4 is 11.0 Å². The summed E-state index contributed by atoms with van der Waals surface area (Å²) in [5.74, 6) is -3.48. The second-order valence-electron chi connectivity index (χ2n) is 7.16. The Morgan fingerprint density at radius 3 is 2.81 bits per heavy atom. The van der Waals surface area contributed by atoms with E-state index in [2.05, 4.69) is 15.0 Å². The summed E-state index contributed by atoms with van der Waals surface area (Å²) >= 11 is 0. The standard InChI is InChI=1S/C20H18F2N3O6/c1-10-5-11(2)16-12(6-10)7-13(31-16)8-30-19(28)24-15-3-4-25(18(27)23-15)17-20(21,22)14(26)9-29-17/h3-7,9,14,17,26H,8H2,1-2H3,(H,23,24,27,28)/t14-,17-/m1/s1. The first kappa shape index (κ1) is 20.9. The number of ether oxygens (including phenoxy) is 2. The van der Waals surface area contributed by atoms with E-state index in [0.29, 0.717) is 22.5 Å². The van der Waals surface area contributed by atoms with Crippen molar-refractivity contribution >= 4 is 22.9 Å². The minimum atomic E-state index is -3.71. The minimum Gasteiger partial charge on any atom is -0.457 e. The van der Waals surface area contributed by atoms with E-state index in [9.17, 15) is 23.5 Å². The molecule has 2 N–H and O–H groups in total. The van der Waals surface area contributed by atoms with E-state index >= 15 is 0 Å². The highest BCUT2D eigenvalue weighted by molar-refractivity contribution is 5.83. The topological polar surface area (TPSA) is 116 Å². The van der Waals surface area contributed by atoms with Gasteiger partial charge in [0.1, 0.15) is 23.8 Å². The lowest BCUT2D eigenvalue weighted by molar-refractivity contribution is -0.140. The van der Waals surface area contributed by atoms with Gasteiger partial charge in [-0.2, -0.15) is 13.8 Å². The molecule has 1 aliphatic rings. The second kappa shape index (κ2) is 7.75. The molecule has 0 unspecified atom stereocenters. The molecule has 1 aliphatic heterocycles. The lowest BCUT2D eigenvalue weighted by Crippen LogP contribution is -2.40. The number of hydrogen-bond donors (Lipinski definition) is 2. The van der Waals surface area contributed by atoms with Crippen LogP contribution in [0.25, 0.3) is 11.0 Å². The molecule has 2 aromatic heterocycles. The maximum atomic E-state index is 13.9. The van der Waals surface area contributed by atoms with Gasteiger partial charge in [0, 0.05) is 11.6 Å². The molecule has 1 fully saturated rings. The van der Waals surface area contributed by atoms with Crippen molar-refractivity contribution in [1.29, 1.82) is 0 Å². The van der Waals surface area contributed by atoms with Crippen LogP contribution in [-0.2, 0) is 16.1 Å². The van der Waals surface area contributed by atoms with Crippen LogP contribution in [0.1, 0.15) is 23.1 Å². The molecule has 9 nitrogen and oxygen atoms in total. The Kier molecular flexibility index (Phi) is 5.23. The van der Waals surface area contributed by atoms with Crippen molar-refractivity contribution < 1.29 is 32.6 Å². The van der Waals surface area contributed by atoms with E-state index < -0.39 is 30.0 Å². The number of fused-ring (bicyclic) bond motifs is 1. The monoisotopic (exact) mass is 434 g/mol. The number of anilines is 1. The van der Waals surface area contributed by atoms with Crippen molar-refractivity contribution in [2.24, 2.45) is 0 Å². The molecule has 1 amide bonds. The second-order valence-corrected chi connectivity index (χ2v) is 7.16. The van der Waals surface area contributed by atoms with Crippen LogP contribution >= 0.6 is 0 Å². The molecule has 0 bridgehead atoms. The summed E-state index contributed by atoms with van der Waals surface area (Å²) in [7, 11) is 0. The number of hydrogen-bond acceptors (Lipinski definition) is 7. The minimum absolute atomic E-state index is 0.161. The Labute approximate surface area is 174 Å². The van der Waals surface area contributed by atoms with Crippen LogP contribution in [0.2, 0.25) is 0 Å². The fourth-order valence-electron chi connectivity index (χ4n) is 3.30. The van der Waals surface area contributed by atoms with Crippen molar-refractivity contribution in [2.45, 2.75) is 38.7 Å². The third-order valence-corrected chi connectivity index (χ3v) is 4.72. The van der Waals surface area contributed by atoms with Gasteiger partial charge in [0.25, 0.3) is 0 Å². The zero-order valence-electron chi connectivity index (χ0n) is 16.5. The highest BCUT2D eigenvalue weighted by Gasteiger charge is 2.55. The predicted octanol–water partition coefficient (Wildman–Crippen LogP) is 3.04. The summed E-state index contributed by atoms with van der Waals surface area (Å²) in [5.41, 5.74) is 1.62. The smallest absolute Gasteiger partial charge is 0.413 e. The fourth-order valence-corrected chi connectivity index (χ4v) is 3.30. The van der Waals surface area contributed by atoms with Gasteiger partial charge in [0.05, 0.1) is 0 Å². The van der Waals surface area contributed by atoms with Gasteiger partial charge < -0.3 is 19.0 Å². The van der Waals surface area contributed by atoms with Crippen molar-refractivity contribution in [1.82, 2.24) is 9.55 Å². The van der Waals surface area contributed by atoms with Gasteiger partial charge in [-0.1, -0.05) is 11.6 Å². The molecule has 11 heteroatoms. The Balaban J connectivity index is 1.41. The fraction of sp³-hybridized carbons (Fsp3) is 0.300. The van der Waals surface area contributed by atoms with Crippen molar-refractivity contribution in [2.75, 3.05) is 5.32 Å². The lowest BCUT2D eigenvalue weighted by Gasteiger charge is -2.21. The number of carbonyl (C=O) groups excluding carboxylic acids is 1. The van der Waals surface area contributed by atoms with Crippen LogP contribution in [0, 0.1) is 20.5 Å². The summed E-state index contributed by atoms with van der Waals surface area (Å²) in [6, 6.07) is 6.81. The molecule has 3 aromatic rings. The molecule has 31 heavy (non-hydrogen) atoms. The van der Waals surface area contributed by atoms with E-state index in [4.69, 9.17) is 9.15 Å². The average molecular weight is 434 g/mol. The van der Waals surface area contributed by atoms with Crippen molar-refractivity contribution in [3.8, 4) is 0 Å². The summed E-state index contributed by atoms with van der Waals surface area (Å²) < 4.78 is 43.7. The number of nitrogens with one attached hydrogen (secondary N) is 1. The number of carbonyl (C=O) groups is 1. The molecule has 163 valence electrons. The van der Waals surface area contributed by atoms with E-state index in [1.54, 1.807) is 6.07 Å². The van der Waals surface area contributed by atoms with Gasteiger partial charge in [-0.3, -0.25) is 9.88 Å². The molecule has 3 heterocycles. The molecule has 2 atom stereocenters. The van der Waals surface area contributed by atoms with Gasteiger partial charge in [-0.05, 0) is 37.6 Å². The SMILES string of the molecule is Cc1cc(C)c2oc(COC(=O)Nc3ccn([C@@H]4O[CH][C@@H](O)C4(F)F)c(=O)n3)cc2c1. The van der Waals surface area contributed by atoms with E-state index in [0.717, 1.165) is 28.8 Å². The van der Waals surface area contributed by atoms with Crippen LogP contribution in [0.4, 0.5) is 19.4 Å². The Morgan fingerprint density at radius 1 is 1.35 bits per heavy atom.